The molecule has 0 saturated carbocycles. The Kier molecular flexibility index (Phi) is 2.73. The molecule has 0 N–H and O–H groups in total. The molecule has 0 bridgehead atoms. The van der Waals surface area contributed by atoms with Gasteiger partial charge >= 0.3 is 6.03 Å². The highest BCUT2D eigenvalue weighted by molar-refractivity contribution is 5.76. The number of nitrogens with zero attached hydrogens (tertiary/aromatic N) is 4. The van der Waals surface area contributed by atoms with Gasteiger partial charge < -0.3 is 9.80 Å². The first-order chi connectivity index (χ1) is 7.70. The van der Waals surface area contributed by atoms with E-state index in [0.29, 0.717) is 12.2 Å². The zero-order chi connectivity index (χ0) is 11.5. The maximum absolute atomic E-state index is 11.6. The molecule has 2 heterocycles. The van der Waals surface area contributed by atoms with Gasteiger partial charge in [0.2, 0.25) is 0 Å². The fourth-order valence-electron chi connectivity index (χ4n) is 1.70. The maximum atomic E-state index is 11.6. The molecule has 0 unspecified atom stereocenters. The van der Waals surface area contributed by atoms with E-state index in [0.717, 1.165) is 18.7 Å². The first-order valence-electron chi connectivity index (χ1n) is 5.06. The molecule has 0 aromatic carbocycles. The number of carbonyl (C=O) groups excluding carboxylic acids is 1. The van der Waals surface area contributed by atoms with Gasteiger partial charge in [0.15, 0.2) is 0 Å². The Bertz CT molecular complexity index is 452. The van der Waals surface area contributed by atoms with Gasteiger partial charge in [0.05, 0.1) is 0 Å². The SMILES string of the molecule is CN1CCN(Cc2ccnc(C#N)c2)C1=O. The minimum absolute atomic E-state index is 0.0373. The molecule has 16 heavy (non-hydrogen) atoms. The number of hydrogen-bond donors (Lipinski definition) is 0. The van der Waals surface area contributed by atoms with E-state index in [-0.39, 0.29) is 6.03 Å². The highest BCUT2D eigenvalue weighted by Gasteiger charge is 2.24. The van der Waals surface area contributed by atoms with Crippen LogP contribution in [0.15, 0.2) is 18.3 Å². The highest BCUT2D eigenvalue weighted by Crippen LogP contribution is 2.11. The molecule has 82 valence electrons. The van der Waals surface area contributed by atoms with Crippen molar-refractivity contribution >= 4 is 6.03 Å². The topological polar surface area (TPSA) is 60.2 Å². The van der Waals surface area contributed by atoms with E-state index < -0.39 is 0 Å². The van der Waals surface area contributed by atoms with Crippen molar-refractivity contribution in [3.8, 4) is 6.07 Å². The summed E-state index contributed by atoms with van der Waals surface area (Å²) in [4.78, 5) is 19.0. The number of nitriles is 1. The Labute approximate surface area is 93.9 Å². The Balaban J connectivity index is 2.10. The lowest BCUT2D eigenvalue weighted by atomic mass is 10.2. The van der Waals surface area contributed by atoms with Crippen LogP contribution in [0.5, 0.6) is 0 Å². The van der Waals surface area contributed by atoms with Gasteiger partial charge in [-0.05, 0) is 17.7 Å². The molecular weight excluding hydrogens is 204 g/mol. The van der Waals surface area contributed by atoms with Gasteiger partial charge in [0.25, 0.3) is 0 Å². The van der Waals surface area contributed by atoms with Crippen molar-refractivity contribution < 1.29 is 4.79 Å². The van der Waals surface area contributed by atoms with Crippen LogP contribution in [0.2, 0.25) is 0 Å². The summed E-state index contributed by atoms with van der Waals surface area (Å²) >= 11 is 0. The molecule has 1 saturated heterocycles. The maximum Gasteiger partial charge on any atom is 0.320 e. The summed E-state index contributed by atoms with van der Waals surface area (Å²) in [6.45, 7) is 2.04. The first-order valence-corrected chi connectivity index (χ1v) is 5.06. The van der Waals surface area contributed by atoms with E-state index in [1.807, 2.05) is 12.1 Å². The molecule has 0 aliphatic carbocycles. The zero-order valence-electron chi connectivity index (χ0n) is 9.05. The molecule has 0 atom stereocenters. The summed E-state index contributed by atoms with van der Waals surface area (Å²) in [6.07, 6.45) is 1.60. The number of carbonyl (C=O) groups is 1. The quantitative estimate of drug-likeness (QED) is 0.735. The van der Waals surface area contributed by atoms with Crippen molar-refractivity contribution in [2.75, 3.05) is 20.1 Å². The molecule has 1 aliphatic heterocycles. The van der Waals surface area contributed by atoms with Crippen molar-refractivity contribution in [2.45, 2.75) is 6.54 Å². The lowest BCUT2D eigenvalue weighted by molar-refractivity contribution is 0.197. The molecular formula is C11H12N4O. The van der Waals surface area contributed by atoms with Crippen LogP contribution in [0.3, 0.4) is 0 Å². The third kappa shape index (κ3) is 1.96. The minimum Gasteiger partial charge on any atom is -0.326 e. The average Bonchev–Trinajstić information content (AvgIpc) is 2.61. The van der Waals surface area contributed by atoms with Crippen molar-refractivity contribution in [1.29, 1.82) is 5.26 Å². The monoisotopic (exact) mass is 216 g/mol. The molecule has 1 aromatic heterocycles. The number of urea groups is 1. The Morgan fingerprint density at radius 2 is 2.38 bits per heavy atom. The summed E-state index contributed by atoms with van der Waals surface area (Å²) in [5.74, 6) is 0. The van der Waals surface area contributed by atoms with Crippen LogP contribution in [-0.4, -0.2) is 41.0 Å². The van der Waals surface area contributed by atoms with E-state index in [1.54, 1.807) is 29.1 Å². The lowest BCUT2D eigenvalue weighted by Crippen LogP contribution is -2.28. The first kappa shape index (κ1) is 10.4. The van der Waals surface area contributed by atoms with Crippen molar-refractivity contribution in [1.82, 2.24) is 14.8 Å². The molecule has 5 nitrogen and oxygen atoms in total. The van der Waals surface area contributed by atoms with Crippen LogP contribution in [0.4, 0.5) is 4.79 Å². The van der Waals surface area contributed by atoms with E-state index in [4.69, 9.17) is 5.26 Å². The predicted octanol–water partition coefficient (Wildman–Crippen LogP) is 0.821. The summed E-state index contributed by atoms with van der Waals surface area (Å²) in [6, 6.07) is 5.56. The molecule has 1 aromatic rings. The smallest absolute Gasteiger partial charge is 0.320 e. The number of amides is 2. The second-order valence-corrected chi connectivity index (χ2v) is 3.79. The summed E-state index contributed by atoms with van der Waals surface area (Å²) in [5.41, 5.74) is 1.33. The van der Waals surface area contributed by atoms with E-state index in [2.05, 4.69) is 4.98 Å². The van der Waals surface area contributed by atoms with Crippen LogP contribution in [-0.2, 0) is 6.54 Å². The molecule has 0 radical (unpaired) electrons. The second-order valence-electron chi connectivity index (χ2n) is 3.79. The van der Waals surface area contributed by atoms with E-state index >= 15 is 0 Å². The van der Waals surface area contributed by atoms with Crippen molar-refractivity contribution in [3.05, 3.63) is 29.6 Å². The molecule has 1 fully saturated rings. The fourth-order valence-corrected chi connectivity index (χ4v) is 1.70. The largest absolute Gasteiger partial charge is 0.326 e. The lowest BCUT2D eigenvalue weighted by Gasteiger charge is -2.15. The number of rotatable bonds is 2. The third-order valence-corrected chi connectivity index (χ3v) is 2.61. The number of aromatic nitrogens is 1. The molecule has 1 aliphatic rings. The van der Waals surface area contributed by atoms with Crippen molar-refractivity contribution in [2.24, 2.45) is 0 Å². The second kappa shape index (κ2) is 4.19. The van der Waals surface area contributed by atoms with Gasteiger partial charge in [0.1, 0.15) is 11.8 Å². The molecule has 2 amide bonds. The molecule has 2 rings (SSSR count). The predicted molar refractivity (Wildman–Crippen MR) is 57.4 cm³/mol. The number of pyridine rings is 1. The Hall–Kier alpha value is -2.09. The van der Waals surface area contributed by atoms with E-state index in [9.17, 15) is 4.79 Å². The third-order valence-electron chi connectivity index (χ3n) is 2.61. The zero-order valence-corrected chi connectivity index (χ0v) is 9.05. The molecule has 5 heteroatoms. The van der Waals surface area contributed by atoms with Crippen LogP contribution in [0.1, 0.15) is 11.3 Å². The standard InChI is InChI=1S/C11H12N4O/c1-14-4-5-15(11(14)16)8-9-2-3-13-10(6-9)7-12/h2-3,6H,4-5,8H2,1H3. The van der Waals surface area contributed by atoms with Gasteiger partial charge in [0, 0.05) is 32.9 Å². The van der Waals surface area contributed by atoms with Gasteiger partial charge in [-0.15, -0.1) is 0 Å². The number of likely N-dealkylation sites (N-methyl/N-ethyl adjacent to an activating group) is 1. The fraction of sp³-hybridized carbons (Fsp3) is 0.364. The van der Waals surface area contributed by atoms with Gasteiger partial charge in [-0.1, -0.05) is 0 Å². The Morgan fingerprint density at radius 1 is 1.56 bits per heavy atom. The minimum atomic E-state index is 0.0373. The Morgan fingerprint density at radius 3 is 3.00 bits per heavy atom. The molecule has 0 spiro atoms. The van der Waals surface area contributed by atoms with Gasteiger partial charge in [-0.2, -0.15) is 5.26 Å². The van der Waals surface area contributed by atoms with Crippen LogP contribution >= 0.6 is 0 Å². The van der Waals surface area contributed by atoms with Crippen molar-refractivity contribution in [3.63, 3.8) is 0 Å². The van der Waals surface area contributed by atoms with E-state index in [1.165, 1.54) is 0 Å². The van der Waals surface area contributed by atoms with Crippen LogP contribution in [0, 0.1) is 11.3 Å². The van der Waals surface area contributed by atoms with Gasteiger partial charge in [-0.3, -0.25) is 0 Å². The highest BCUT2D eigenvalue weighted by atomic mass is 16.2. The number of hydrogen-bond acceptors (Lipinski definition) is 3. The normalized spacial score (nSPS) is 15.4. The summed E-state index contributed by atoms with van der Waals surface area (Å²) in [7, 11) is 1.79. The van der Waals surface area contributed by atoms with Crippen LogP contribution in [0.25, 0.3) is 0 Å². The summed E-state index contributed by atoms with van der Waals surface area (Å²) < 4.78 is 0. The van der Waals surface area contributed by atoms with Gasteiger partial charge in [-0.25, -0.2) is 9.78 Å². The average molecular weight is 216 g/mol. The summed E-state index contributed by atoms with van der Waals surface area (Å²) in [5, 5.41) is 8.72. The van der Waals surface area contributed by atoms with Crippen LogP contribution < -0.4 is 0 Å².